The normalized spacial score (nSPS) is 18.5. The van der Waals surface area contributed by atoms with Gasteiger partial charge >= 0.3 is 0 Å². The molecule has 1 aliphatic rings. The maximum Gasteiger partial charge on any atom is 0.243 e. The van der Waals surface area contributed by atoms with E-state index in [0.717, 1.165) is 5.56 Å². The molecule has 19 heavy (non-hydrogen) atoms. The summed E-state index contributed by atoms with van der Waals surface area (Å²) in [7, 11) is -3.39. The molecule has 0 aromatic heterocycles. The van der Waals surface area contributed by atoms with Crippen LogP contribution in [-0.4, -0.2) is 39.0 Å². The van der Waals surface area contributed by atoms with Gasteiger partial charge in [0.25, 0.3) is 0 Å². The summed E-state index contributed by atoms with van der Waals surface area (Å²) in [5.41, 5.74) is 0.970. The van der Waals surface area contributed by atoms with Crippen LogP contribution in [0.4, 0.5) is 0 Å². The largest absolute Gasteiger partial charge is 0.379 e. The number of ether oxygens (including phenoxy) is 1. The Labute approximate surface area is 115 Å². The molecular formula is C14H21NO3S. The molecule has 0 saturated carbocycles. The van der Waals surface area contributed by atoms with E-state index in [1.54, 1.807) is 12.1 Å². The zero-order valence-electron chi connectivity index (χ0n) is 11.7. The van der Waals surface area contributed by atoms with Crippen molar-refractivity contribution in [3.63, 3.8) is 0 Å². The molecule has 1 saturated heterocycles. The molecule has 0 spiro atoms. The molecule has 0 radical (unpaired) electrons. The molecule has 0 amide bonds. The molecule has 1 aliphatic heterocycles. The minimum Gasteiger partial charge on any atom is -0.379 e. The van der Waals surface area contributed by atoms with Crippen molar-refractivity contribution in [2.75, 3.05) is 26.3 Å². The number of benzene rings is 1. The van der Waals surface area contributed by atoms with E-state index in [0.29, 0.717) is 31.2 Å². The lowest BCUT2D eigenvalue weighted by Gasteiger charge is -2.27. The molecule has 4 nitrogen and oxygen atoms in total. The standard InChI is InChI=1S/C14H21NO3S/c1-14(2,3)12-5-4-6-13(11-12)19(16,17)15-7-9-18-10-8-15/h4-6,11H,7-10H2,1-3H3. The maximum atomic E-state index is 12.5. The molecule has 1 heterocycles. The van der Waals surface area contributed by atoms with Crippen molar-refractivity contribution in [2.45, 2.75) is 31.1 Å². The predicted molar refractivity (Wildman–Crippen MR) is 74.7 cm³/mol. The average Bonchev–Trinajstić information content (AvgIpc) is 2.39. The van der Waals surface area contributed by atoms with Crippen LogP contribution < -0.4 is 0 Å². The SMILES string of the molecule is CC(C)(C)c1cccc(S(=O)(=O)N2CCOCC2)c1. The lowest BCUT2D eigenvalue weighted by Crippen LogP contribution is -2.40. The molecule has 1 fully saturated rings. The Balaban J connectivity index is 2.35. The molecule has 0 atom stereocenters. The molecule has 2 rings (SSSR count). The topological polar surface area (TPSA) is 46.6 Å². The van der Waals surface area contributed by atoms with Gasteiger partial charge in [-0.1, -0.05) is 32.9 Å². The molecule has 0 bridgehead atoms. The summed E-state index contributed by atoms with van der Waals surface area (Å²) >= 11 is 0. The summed E-state index contributed by atoms with van der Waals surface area (Å²) in [6.07, 6.45) is 0. The second-order valence-electron chi connectivity index (χ2n) is 5.79. The van der Waals surface area contributed by atoms with E-state index in [1.807, 2.05) is 12.1 Å². The van der Waals surface area contributed by atoms with Crippen LogP contribution in [0.3, 0.4) is 0 Å². The van der Waals surface area contributed by atoms with Crippen LogP contribution in [0.1, 0.15) is 26.3 Å². The molecule has 106 valence electrons. The van der Waals surface area contributed by atoms with Gasteiger partial charge in [0, 0.05) is 13.1 Å². The third-order valence-corrected chi connectivity index (χ3v) is 5.20. The number of hydrogen-bond acceptors (Lipinski definition) is 3. The van der Waals surface area contributed by atoms with E-state index in [9.17, 15) is 8.42 Å². The molecular weight excluding hydrogens is 262 g/mol. The minimum atomic E-state index is -3.39. The fourth-order valence-corrected chi connectivity index (χ4v) is 3.51. The predicted octanol–water partition coefficient (Wildman–Crippen LogP) is 2.00. The summed E-state index contributed by atoms with van der Waals surface area (Å²) in [6.45, 7) is 8.04. The third-order valence-electron chi connectivity index (χ3n) is 3.31. The first-order valence-corrected chi connectivity index (χ1v) is 7.94. The van der Waals surface area contributed by atoms with Crippen LogP contribution in [0.25, 0.3) is 0 Å². The maximum absolute atomic E-state index is 12.5. The average molecular weight is 283 g/mol. The Bertz CT molecular complexity index is 540. The molecule has 0 unspecified atom stereocenters. The van der Waals surface area contributed by atoms with Crippen molar-refractivity contribution in [2.24, 2.45) is 0 Å². The summed E-state index contributed by atoms with van der Waals surface area (Å²) in [4.78, 5) is 0.377. The summed E-state index contributed by atoms with van der Waals surface area (Å²) in [5, 5.41) is 0. The summed E-state index contributed by atoms with van der Waals surface area (Å²) in [5.74, 6) is 0. The second-order valence-corrected chi connectivity index (χ2v) is 7.73. The first-order chi connectivity index (χ1) is 8.82. The Morgan fingerprint density at radius 3 is 2.37 bits per heavy atom. The van der Waals surface area contributed by atoms with E-state index in [4.69, 9.17) is 4.74 Å². The quantitative estimate of drug-likeness (QED) is 0.834. The zero-order valence-corrected chi connectivity index (χ0v) is 12.5. The van der Waals surface area contributed by atoms with Gasteiger partial charge in [0.2, 0.25) is 10.0 Å². The molecule has 1 aromatic carbocycles. The van der Waals surface area contributed by atoms with Crippen LogP contribution >= 0.6 is 0 Å². The van der Waals surface area contributed by atoms with E-state index in [-0.39, 0.29) is 5.41 Å². The molecule has 1 aromatic rings. The first kappa shape index (κ1) is 14.5. The fourth-order valence-electron chi connectivity index (χ4n) is 2.06. The van der Waals surface area contributed by atoms with E-state index < -0.39 is 10.0 Å². The number of sulfonamides is 1. The van der Waals surface area contributed by atoms with E-state index >= 15 is 0 Å². The number of morpholine rings is 1. The Kier molecular flexibility index (Phi) is 3.99. The van der Waals surface area contributed by atoms with Gasteiger partial charge in [0.15, 0.2) is 0 Å². The number of hydrogen-bond donors (Lipinski definition) is 0. The third kappa shape index (κ3) is 3.16. The van der Waals surface area contributed by atoms with Gasteiger partial charge in [-0.3, -0.25) is 0 Å². The Morgan fingerprint density at radius 2 is 1.79 bits per heavy atom. The van der Waals surface area contributed by atoms with Gasteiger partial charge in [0.05, 0.1) is 18.1 Å². The van der Waals surface area contributed by atoms with Crippen LogP contribution in [0, 0.1) is 0 Å². The highest BCUT2D eigenvalue weighted by Crippen LogP contribution is 2.26. The highest BCUT2D eigenvalue weighted by Gasteiger charge is 2.27. The summed E-state index contributed by atoms with van der Waals surface area (Å²) < 4.78 is 31.8. The monoisotopic (exact) mass is 283 g/mol. The van der Waals surface area contributed by atoms with Gasteiger partial charge in [-0.25, -0.2) is 8.42 Å². The zero-order chi connectivity index (χ0) is 14.1. The lowest BCUT2D eigenvalue weighted by atomic mass is 9.87. The van der Waals surface area contributed by atoms with Crippen molar-refractivity contribution in [1.82, 2.24) is 4.31 Å². The summed E-state index contributed by atoms with van der Waals surface area (Å²) in [6, 6.07) is 7.23. The van der Waals surface area contributed by atoms with Crippen molar-refractivity contribution >= 4 is 10.0 Å². The van der Waals surface area contributed by atoms with Crippen molar-refractivity contribution in [3.8, 4) is 0 Å². The van der Waals surface area contributed by atoms with Crippen LogP contribution in [-0.2, 0) is 20.2 Å². The van der Waals surface area contributed by atoms with Gasteiger partial charge in [-0.15, -0.1) is 0 Å². The molecule has 0 N–H and O–H groups in total. The highest BCUT2D eigenvalue weighted by atomic mass is 32.2. The second kappa shape index (κ2) is 5.23. The van der Waals surface area contributed by atoms with Crippen LogP contribution in [0.15, 0.2) is 29.2 Å². The smallest absolute Gasteiger partial charge is 0.243 e. The minimum absolute atomic E-state index is 0.0590. The van der Waals surface area contributed by atoms with Crippen molar-refractivity contribution < 1.29 is 13.2 Å². The van der Waals surface area contributed by atoms with Crippen LogP contribution in [0.5, 0.6) is 0 Å². The van der Waals surface area contributed by atoms with Gasteiger partial charge < -0.3 is 4.74 Å². The number of nitrogens with zero attached hydrogens (tertiary/aromatic N) is 1. The fraction of sp³-hybridized carbons (Fsp3) is 0.571. The first-order valence-electron chi connectivity index (χ1n) is 6.50. The highest BCUT2D eigenvalue weighted by molar-refractivity contribution is 7.89. The molecule has 0 aliphatic carbocycles. The van der Waals surface area contributed by atoms with Gasteiger partial charge in [-0.2, -0.15) is 4.31 Å². The van der Waals surface area contributed by atoms with Gasteiger partial charge in [0.1, 0.15) is 0 Å². The van der Waals surface area contributed by atoms with E-state index in [2.05, 4.69) is 20.8 Å². The van der Waals surface area contributed by atoms with Crippen molar-refractivity contribution in [1.29, 1.82) is 0 Å². The molecule has 5 heteroatoms. The number of rotatable bonds is 2. The Morgan fingerprint density at radius 1 is 1.16 bits per heavy atom. The van der Waals surface area contributed by atoms with Gasteiger partial charge in [-0.05, 0) is 23.1 Å². The Hall–Kier alpha value is -0.910. The van der Waals surface area contributed by atoms with E-state index in [1.165, 1.54) is 4.31 Å². The van der Waals surface area contributed by atoms with Crippen LogP contribution in [0.2, 0.25) is 0 Å². The van der Waals surface area contributed by atoms with Crippen molar-refractivity contribution in [3.05, 3.63) is 29.8 Å². The lowest BCUT2D eigenvalue weighted by molar-refractivity contribution is 0.0730.